The molecule has 0 fully saturated rings. The molecule has 84 valence electrons. The van der Waals surface area contributed by atoms with Crippen LogP contribution in [0, 0.1) is 0 Å². The van der Waals surface area contributed by atoms with E-state index in [4.69, 9.17) is 4.42 Å². The van der Waals surface area contributed by atoms with Crippen molar-refractivity contribution in [3.63, 3.8) is 0 Å². The molecule has 2 aromatic heterocycles. The summed E-state index contributed by atoms with van der Waals surface area (Å²) in [5.74, 6) is 0.105. The van der Waals surface area contributed by atoms with Crippen LogP contribution in [0.4, 0.5) is 0 Å². The van der Waals surface area contributed by atoms with Gasteiger partial charge in [-0.15, -0.1) is 0 Å². The van der Waals surface area contributed by atoms with Crippen LogP contribution in [0.5, 0.6) is 0 Å². The van der Waals surface area contributed by atoms with Gasteiger partial charge in [-0.2, -0.15) is 11.3 Å². The van der Waals surface area contributed by atoms with Crippen molar-refractivity contribution in [1.29, 1.82) is 0 Å². The molecule has 2 nitrogen and oxygen atoms in total. The molecule has 0 aliphatic rings. The molecule has 0 radical (unpaired) electrons. The number of hydrogen-bond acceptors (Lipinski definition) is 3. The van der Waals surface area contributed by atoms with Crippen LogP contribution in [0.3, 0.4) is 0 Å². The van der Waals surface area contributed by atoms with Crippen LogP contribution in [0.1, 0.15) is 15.9 Å². The van der Waals surface area contributed by atoms with E-state index in [0.29, 0.717) is 12.0 Å². The summed E-state index contributed by atoms with van der Waals surface area (Å²) >= 11 is 1.61. The summed E-state index contributed by atoms with van der Waals surface area (Å²) in [6.45, 7) is 0. The van der Waals surface area contributed by atoms with E-state index in [1.54, 1.807) is 17.6 Å². The van der Waals surface area contributed by atoms with E-state index in [1.807, 2.05) is 41.1 Å². The maximum atomic E-state index is 12.1. The molecule has 3 aromatic rings. The zero-order valence-corrected chi connectivity index (χ0v) is 9.87. The van der Waals surface area contributed by atoms with Crippen molar-refractivity contribution in [2.24, 2.45) is 0 Å². The quantitative estimate of drug-likeness (QED) is 0.652. The predicted molar refractivity (Wildman–Crippen MR) is 68.6 cm³/mol. The van der Waals surface area contributed by atoms with Crippen LogP contribution in [0.25, 0.3) is 11.0 Å². The van der Waals surface area contributed by atoms with E-state index < -0.39 is 0 Å². The van der Waals surface area contributed by atoms with Crippen LogP contribution in [-0.4, -0.2) is 5.78 Å². The van der Waals surface area contributed by atoms with E-state index in [0.717, 1.165) is 16.5 Å². The van der Waals surface area contributed by atoms with Crippen LogP contribution in [-0.2, 0) is 6.42 Å². The molecule has 0 N–H and O–H groups in total. The van der Waals surface area contributed by atoms with Crippen LogP contribution in [0.15, 0.2) is 51.8 Å². The number of benzene rings is 1. The van der Waals surface area contributed by atoms with Crippen molar-refractivity contribution >= 4 is 28.1 Å². The molecule has 0 spiro atoms. The van der Waals surface area contributed by atoms with Crippen LogP contribution >= 0.6 is 11.3 Å². The summed E-state index contributed by atoms with van der Waals surface area (Å²) in [4.78, 5) is 12.1. The minimum atomic E-state index is 0.105. The second-order valence-electron chi connectivity index (χ2n) is 3.88. The van der Waals surface area contributed by atoms with Crippen LogP contribution in [0.2, 0.25) is 0 Å². The molecule has 0 aliphatic heterocycles. The van der Waals surface area contributed by atoms with E-state index in [9.17, 15) is 4.79 Å². The SMILES string of the molecule is O=C(Cc1ccsc1)c1coc2ccccc12. The Labute approximate surface area is 102 Å². The number of hydrogen-bond donors (Lipinski definition) is 0. The van der Waals surface area contributed by atoms with Crippen molar-refractivity contribution in [1.82, 2.24) is 0 Å². The lowest BCUT2D eigenvalue weighted by Crippen LogP contribution is -2.01. The first-order chi connectivity index (χ1) is 8.34. The number of rotatable bonds is 3. The minimum Gasteiger partial charge on any atom is -0.464 e. The summed E-state index contributed by atoms with van der Waals surface area (Å²) in [6, 6.07) is 9.58. The number of thiophene rings is 1. The van der Waals surface area contributed by atoms with Gasteiger partial charge in [-0.25, -0.2) is 0 Å². The number of furan rings is 1. The van der Waals surface area contributed by atoms with Crippen molar-refractivity contribution in [2.45, 2.75) is 6.42 Å². The topological polar surface area (TPSA) is 30.2 Å². The smallest absolute Gasteiger partial charge is 0.171 e. The number of Topliss-reactive ketones (excluding diaryl/α,β-unsaturated/α-hetero) is 1. The third-order valence-corrected chi connectivity index (χ3v) is 3.46. The molecule has 0 amide bonds. The normalized spacial score (nSPS) is 10.8. The third kappa shape index (κ3) is 1.89. The fourth-order valence-corrected chi connectivity index (χ4v) is 2.54. The van der Waals surface area contributed by atoms with E-state index in [-0.39, 0.29) is 5.78 Å². The lowest BCUT2D eigenvalue weighted by Gasteiger charge is -1.96. The molecule has 17 heavy (non-hydrogen) atoms. The molecular formula is C14H10O2S. The fourth-order valence-electron chi connectivity index (χ4n) is 1.87. The van der Waals surface area contributed by atoms with Gasteiger partial charge >= 0.3 is 0 Å². The number of ketones is 1. The molecule has 0 unspecified atom stereocenters. The van der Waals surface area contributed by atoms with Gasteiger partial charge in [0, 0.05) is 11.8 Å². The summed E-state index contributed by atoms with van der Waals surface area (Å²) in [5.41, 5.74) is 2.50. The van der Waals surface area contributed by atoms with Gasteiger partial charge in [0.1, 0.15) is 11.8 Å². The van der Waals surface area contributed by atoms with E-state index >= 15 is 0 Å². The highest BCUT2D eigenvalue weighted by molar-refractivity contribution is 7.08. The summed E-state index contributed by atoms with van der Waals surface area (Å²) in [6.07, 6.45) is 1.99. The molecule has 0 saturated carbocycles. The van der Waals surface area contributed by atoms with E-state index in [2.05, 4.69) is 0 Å². The van der Waals surface area contributed by atoms with Gasteiger partial charge in [0.15, 0.2) is 5.78 Å². The minimum absolute atomic E-state index is 0.105. The van der Waals surface area contributed by atoms with Gasteiger partial charge in [-0.05, 0) is 28.5 Å². The van der Waals surface area contributed by atoms with Gasteiger partial charge in [0.05, 0.1) is 5.56 Å². The van der Waals surface area contributed by atoms with Crippen molar-refractivity contribution in [3.8, 4) is 0 Å². The Balaban J connectivity index is 1.96. The number of carbonyl (C=O) groups is 1. The standard InChI is InChI=1S/C14H10O2S/c15-13(7-10-5-6-17-9-10)12-8-16-14-4-2-1-3-11(12)14/h1-6,8-9H,7H2. The Kier molecular flexibility index (Phi) is 2.53. The fraction of sp³-hybridized carbons (Fsp3) is 0.0714. The van der Waals surface area contributed by atoms with E-state index in [1.165, 1.54) is 0 Å². The Morgan fingerprint density at radius 1 is 1.24 bits per heavy atom. The maximum Gasteiger partial charge on any atom is 0.171 e. The van der Waals surface area contributed by atoms with Gasteiger partial charge < -0.3 is 4.42 Å². The Bertz CT molecular complexity index is 650. The van der Waals surface area contributed by atoms with Crippen molar-refractivity contribution < 1.29 is 9.21 Å². The maximum absolute atomic E-state index is 12.1. The van der Waals surface area contributed by atoms with Gasteiger partial charge in [0.2, 0.25) is 0 Å². The average Bonchev–Trinajstić information content (AvgIpc) is 2.96. The molecule has 2 heterocycles. The second kappa shape index (κ2) is 4.18. The molecule has 0 saturated heterocycles. The highest BCUT2D eigenvalue weighted by Crippen LogP contribution is 2.22. The second-order valence-corrected chi connectivity index (χ2v) is 4.66. The molecule has 0 bridgehead atoms. The average molecular weight is 242 g/mol. The molecular weight excluding hydrogens is 232 g/mol. The molecule has 0 aliphatic carbocycles. The van der Waals surface area contributed by atoms with Crippen molar-refractivity contribution in [2.75, 3.05) is 0 Å². The first kappa shape index (κ1) is 10.3. The summed E-state index contributed by atoms with van der Waals surface area (Å²) in [7, 11) is 0. The Morgan fingerprint density at radius 3 is 2.94 bits per heavy atom. The predicted octanol–water partition coefficient (Wildman–Crippen LogP) is 3.92. The van der Waals surface area contributed by atoms with Gasteiger partial charge in [-0.1, -0.05) is 18.2 Å². The number of fused-ring (bicyclic) bond motifs is 1. The lowest BCUT2D eigenvalue weighted by molar-refractivity contribution is 0.0994. The highest BCUT2D eigenvalue weighted by atomic mass is 32.1. The molecule has 1 aromatic carbocycles. The van der Waals surface area contributed by atoms with Crippen molar-refractivity contribution in [3.05, 3.63) is 58.5 Å². The first-order valence-corrected chi connectivity index (χ1v) is 6.29. The highest BCUT2D eigenvalue weighted by Gasteiger charge is 2.13. The van der Waals surface area contributed by atoms with Crippen LogP contribution < -0.4 is 0 Å². The van der Waals surface area contributed by atoms with Gasteiger partial charge in [0.25, 0.3) is 0 Å². The summed E-state index contributed by atoms with van der Waals surface area (Å²) in [5, 5.41) is 4.88. The Morgan fingerprint density at radius 2 is 2.12 bits per heavy atom. The number of para-hydroxylation sites is 1. The zero-order valence-electron chi connectivity index (χ0n) is 9.05. The Hall–Kier alpha value is -1.87. The third-order valence-electron chi connectivity index (χ3n) is 2.73. The van der Waals surface area contributed by atoms with Gasteiger partial charge in [-0.3, -0.25) is 4.79 Å². The monoisotopic (exact) mass is 242 g/mol. The largest absolute Gasteiger partial charge is 0.464 e. The molecule has 3 rings (SSSR count). The first-order valence-electron chi connectivity index (χ1n) is 5.35. The summed E-state index contributed by atoms with van der Waals surface area (Å²) < 4.78 is 5.37. The molecule has 0 atom stereocenters. The number of carbonyl (C=O) groups excluding carboxylic acids is 1. The lowest BCUT2D eigenvalue weighted by atomic mass is 10.0. The zero-order chi connectivity index (χ0) is 11.7. The molecule has 3 heteroatoms.